The molecule has 3 amide bonds. The number of nitrogens with zero attached hydrogens (tertiary/aromatic N) is 2. The van der Waals surface area contributed by atoms with Crippen molar-refractivity contribution in [2.24, 2.45) is 5.73 Å². The molecule has 0 saturated carbocycles. The van der Waals surface area contributed by atoms with E-state index in [2.05, 4.69) is 0 Å². The molecular formula is C7H9N3O2S. The first-order valence-electron chi connectivity index (χ1n) is 3.58. The summed E-state index contributed by atoms with van der Waals surface area (Å²) in [5, 5.41) is 2.17. The Bertz CT molecular complexity index is 300. The predicted octanol–water partition coefficient (Wildman–Crippen LogP) is 0.0278. The van der Waals surface area contributed by atoms with Crippen LogP contribution < -0.4 is 5.73 Å². The number of primary amides is 1. The molecule has 0 fully saturated rings. The number of rotatable bonds is 1. The first-order valence-corrected chi connectivity index (χ1v) is 3.99. The molecule has 6 heteroatoms. The third-order valence-corrected chi connectivity index (χ3v) is 1.91. The first kappa shape index (κ1) is 9.66. The van der Waals surface area contributed by atoms with E-state index in [9.17, 15) is 9.59 Å². The Labute approximate surface area is 80.7 Å². The van der Waals surface area contributed by atoms with Gasteiger partial charge >= 0.3 is 6.03 Å². The van der Waals surface area contributed by atoms with E-state index in [0.717, 1.165) is 10.0 Å². The summed E-state index contributed by atoms with van der Waals surface area (Å²) in [6, 6.07) is -0.689. The Morgan fingerprint density at radius 1 is 1.77 bits per heavy atom. The Morgan fingerprint density at radius 3 is 2.85 bits per heavy atom. The van der Waals surface area contributed by atoms with Crippen LogP contribution in [-0.2, 0) is 4.79 Å². The number of hydrazine groups is 1. The normalized spacial score (nSPS) is 16.2. The van der Waals surface area contributed by atoms with Crippen molar-refractivity contribution in [2.45, 2.75) is 6.42 Å². The van der Waals surface area contributed by atoms with Gasteiger partial charge in [-0.15, -0.1) is 0 Å². The van der Waals surface area contributed by atoms with Crippen molar-refractivity contribution in [3.05, 3.63) is 12.3 Å². The average molecular weight is 199 g/mol. The number of carbonyl (C=O) groups excluding carboxylic acids is 2. The Balaban J connectivity index is 2.81. The summed E-state index contributed by atoms with van der Waals surface area (Å²) in [5.41, 5.74) is 4.99. The van der Waals surface area contributed by atoms with E-state index in [4.69, 9.17) is 18.0 Å². The SMILES string of the molecule is CN(C(N)=O)N1C=CC(=S)CC1=O. The van der Waals surface area contributed by atoms with Gasteiger partial charge in [0.25, 0.3) is 5.91 Å². The lowest BCUT2D eigenvalue weighted by atomic mass is 10.2. The molecule has 13 heavy (non-hydrogen) atoms. The zero-order chi connectivity index (χ0) is 10.0. The maximum absolute atomic E-state index is 11.3. The van der Waals surface area contributed by atoms with Crippen molar-refractivity contribution in [3.8, 4) is 0 Å². The van der Waals surface area contributed by atoms with Crippen molar-refractivity contribution >= 4 is 29.0 Å². The van der Waals surface area contributed by atoms with Crippen molar-refractivity contribution in [3.63, 3.8) is 0 Å². The van der Waals surface area contributed by atoms with Crippen LogP contribution in [0.1, 0.15) is 6.42 Å². The topological polar surface area (TPSA) is 66.6 Å². The largest absolute Gasteiger partial charge is 0.350 e. The number of thiocarbonyl (C=S) groups is 1. The Morgan fingerprint density at radius 2 is 2.38 bits per heavy atom. The van der Waals surface area contributed by atoms with Gasteiger partial charge in [0.1, 0.15) is 0 Å². The zero-order valence-corrected chi connectivity index (χ0v) is 7.87. The van der Waals surface area contributed by atoms with Crippen LogP contribution in [-0.4, -0.2) is 33.9 Å². The smallest absolute Gasteiger partial charge is 0.333 e. The van der Waals surface area contributed by atoms with Gasteiger partial charge in [-0.3, -0.25) is 4.79 Å². The van der Waals surface area contributed by atoms with Crippen LogP contribution in [0, 0.1) is 0 Å². The number of allylic oxidation sites excluding steroid dienone is 1. The quantitative estimate of drug-likeness (QED) is 0.606. The lowest BCUT2D eigenvalue weighted by molar-refractivity contribution is -0.136. The molecule has 0 radical (unpaired) electrons. The summed E-state index contributed by atoms with van der Waals surface area (Å²) in [7, 11) is 1.42. The summed E-state index contributed by atoms with van der Waals surface area (Å²) in [6.45, 7) is 0. The molecule has 0 spiro atoms. The summed E-state index contributed by atoms with van der Waals surface area (Å²) in [6.07, 6.45) is 3.17. The van der Waals surface area contributed by atoms with Crippen LogP contribution in [0.25, 0.3) is 0 Å². The van der Waals surface area contributed by atoms with E-state index in [0.29, 0.717) is 4.86 Å². The van der Waals surface area contributed by atoms with Gasteiger partial charge < -0.3 is 5.73 Å². The second-order valence-corrected chi connectivity index (χ2v) is 3.08. The number of amides is 3. The molecular weight excluding hydrogens is 190 g/mol. The van der Waals surface area contributed by atoms with Crippen LogP contribution in [0.2, 0.25) is 0 Å². The van der Waals surface area contributed by atoms with Crippen molar-refractivity contribution in [2.75, 3.05) is 7.05 Å². The predicted molar refractivity (Wildman–Crippen MR) is 50.5 cm³/mol. The second-order valence-electron chi connectivity index (χ2n) is 2.56. The minimum absolute atomic E-state index is 0.142. The first-order chi connectivity index (χ1) is 6.02. The molecule has 0 aromatic rings. The highest BCUT2D eigenvalue weighted by molar-refractivity contribution is 7.80. The van der Waals surface area contributed by atoms with Gasteiger partial charge in [-0.25, -0.2) is 14.8 Å². The summed E-state index contributed by atoms with van der Waals surface area (Å²) >= 11 is 4.82. The van der Waals surface area contributed by atoms with Crippen LogP contribution in [0.4, 0.5) is 4.79 Å². The Hall–Kier alpha value is -1.43. The lowest BCUT2D eigenvalue weighted by Gasteiger charge is -2.29. The molecule has 0 unspecified atom stereocenters. The van der Waals surface area contributed by atoms with Crippen LogP contribution in [0.5, 0.6) is 0 Å². The zero-order valence-electron chi connectivity index (χ0n) is 7.06. The number of nitrogens with two attached hydrogens (primary N) is 1. The summed E-state index contributed by atoms with van der Waals surface area (Å²) < 4.78 is 0. The highest BCUT2D eigenvalue weighted by Gasteiger charge is 2.22. The number of hydrogen-bond acceptors (Lipinski definition) is 3. The summed E-state index contributed by atoms with van der Waals surface area (Å²) in [5.74, 6) is -0.256. The van der Waals surface area contributed by atoms with Crippen LogP contribution >= 0.6 is 12.2 Å². The molecule has 70 valence electrons. The molecule has 1 aliphatic rings. The minimum Gasteiger partial charge on any atom is -0.350 e. The van der Waals surface area contributed by atoms with Gasteiger partial charge in [0.2, 0.25) is 0 Å². The van der Waals surface area contributed by atoms with Gasteiger partial charge in [0, 0.05) is 18.1 Å². The van der Waals surface area contributed by atoms with Crippen molar-refractivity contribution in [1.82, 2.24) is 10.0 Å². The molecule has 1 heterocycles. The molecule has 1 rings (SSSR count). The van der Waals surface area contributed by atoms with E-state index in [1.54, 1.807) is 6.08 Å². The molecule has 0 aliphatic carbocycles. The number of urea groups is 1. The van der Waals surface area contributed by atoms with E-state index in [1.807, 2.05) is 0 Å². The van der Waals surface area contributed by atoms with Crippen LogP contribution in [0.15, 0.2) is 12.3 Å². The van der Waals surface area contributed by atoms with Gasteiger partial charge in [-0.2, -0.15) is 0 Å². The maximum Gasteiger partial charge on any atom is 0.333 e. The highest BCUT2D eigenvalue weighted by atomic mass is 32.1. The average Bonchev–Trinajstić information content (AvgIpc) is 2.03. The lowest BCUT2D eigenvalue weighted by Crippen LogP contribution is -2.48. The molecule has 0 bridgehead atoms. The van der Waals surface area contributed by atoms with Crippen molar-refractivity contribution < 1.29 is 9.59 Å². The molecule has 0 saturated heterocycles. The molecule has 2 N–H and O–H groups in total. The monoisotopic (exact) mass is 199 g/mol. The number of carbonyl (C=O) groups is 2. The standard InChI is InChI=1S/C7H9N3O2S/c1-9(7(8)12)10-3-2-5(13)4-6(10)11/h2-3H,4H2,1H3,(H2,8,12). The fraction of sp³-hybridized carbons (Fsp3) is 0.286. The summed E-state index contributed by atoms with van der Waals surface area (Å²) in [4.78, 5) is 22.6. The van der Waals surface area contributed by atoms with E-state index < -0.39 is 6.03 Å². The highest BCUT2D eigenvalue weighted by Crippen LogP contribution is 2.08. The van der Waals surface area contributed by atoms with Gasteiger partial charge in [-0.05, 0) is 6.08 Å². The van der Waals surface area contributed by atoms with Gasteiger partial charge in [0.15, 0.2) is 0 Å². The Kier molecular flexibility index (Phi) is 2.62. The van der Waals surface area contributed by atoms with Gasteiger partial charge in [0.05, 0.1) is 6.42 Å². The number of hydrogen-bond donors (Lipinski definition) is 1. The molecule has 0 atom stereocenters. The minimum atomic E-state index is -0.689. The van der Waals surface area contributed by atoms with E-state index >= 15 is 0 Å². The molecule has 5 nitrogen and oxygen atoms in total. The van der Waals surface area contributed by atoms with E-state index in [1.165, 1.54) is 13.2 Å². The molecule has 0 aromatic carbocycles. The maximum atomic E-state index is 11.3. The van der Waals surface area contributed by atoms with E-state index in [-0.39, 0.29) is 12.3 Å². The fourth-order valence-corrected chi connectivity index (χ4v) is 1.08. The fourth-order valence-electron chi connectivity index (χ4n) is 0.899. The molecule has 0 aromatic heterocycles. The molecule has 1 aliphatic heterocycles. The van der Waals surface area contributed by atoms with Gasteiger partial charge in [-0.1, -0.05) is 12.2 Å². The third kappa shape index (κ3) is 2.03. The second kappa shape index (κ2) is 3.53. The van der Waals surface area contributed by atoms with Crippen molar-refractivity contribution in [1.29, 1.82) is 0 Å². The van der Waals surface area contributed by atoms with Crippen LogP contribution in [0.3, 0.4) is 0 Å². The third-order valence-electron chi connectivity index (χ3n) is 1.62.